The van der Waals surface area contributed by atoms with Gasteiger partial charge in [-0.1, -0.05) is 25.3 Å². The van der Waals surface area contributed by atoms with Crippen LogP contribution in [0.4, 0.5) is 4.79 Å². The number of carbonyl (C=O) groups is 2. The fourth-order valence-electron chi connectivity index (χ4n) is 3.31. The Balaban J connectivity index is 1.72. The summed E-state index contributed by atoms with van der Waals surface area (Å²) in [5, 5.41) is 5.31. The minimum atomic E-state index is -0.389. The molecule has 3 amide bonds. The zero-order valence-electron chi connectivity index (χ0n) is 16.5. The average molecular weight is 377 g/mol. The smallest absolute Gasteiger partial charge is 0.321 e. The average Bonchev–Trinajstić information content (AvgIpc) is 2.66. The maximum Gasteiger partial charge on any atom is 0.321 e. The molecule has 0 aliphatic heterocycles. The van der Waals surface area contributed by atoms with Crippen molar-refractivity contribution in [2.45, 2.75) is 44.6 Å². The van der Waals surface area contributed by atoms with Crippen molar-refractivity contribution in [3.63, 3.8) is 0 Å². The predicted molar refractivity (Wildman–Crippen MR) is 104 cm³/mol. The molecule has 1 saturated carbocycles. The highest BCUT2D eigenvalue weighted by Crippen LogP contribution is 2.27. The lowest BCUT2D eigenvalue weighted by Crippen LogP contribution is -2.47. The van der Waals surface area contributed by atoms with Gasteiger partial charge in [-0.2, -0.15) is 0 Å². The van der Waals surface area contributed by atoms with E-state index in [1.165, 1.54) is 6.42 Å². The first kappa shape index (κ1) is 21.0. The van der Waals surface area contributed by atoms with Crippen LogP contribution in [-0.2, 0) is 11.2 Å². The molecular formula is C20H31N3O4. The number of hydrogen-bond donors (Lipinski definition) is 2. The van der Waals surface area contributed by atoms with Crippen molar-refractivity contribution in [1.29, 1.82) is 0 Å². The third kappa shape index (κ3) is 7.09. The van der Waals surface area contributed by atoms with E-state index in [9.17, 15) is 9.59 Å². The highest BCUT2D eigenvalue weighted by molar-refractivity contribution is 5.95. The van der Waals surface area contributed by atoms with E-state index < -0.39 is 0 Å². The Labute approximate surface area is 161 Å². The van der Waals surface area contributed by atoms with E-state index in [0.29, 0.717) is 18.0 Å². The van der Waals surface area contributed by atoms with Crippen LogP contribution in [0, 0.1) is 0 Å². The van der Waals surface area contributed by atoms with Crippen LogP contribution in [0.2, 0.25) is 0 Å². The van der Waals surface area contributed by atoms with Gasteiger partial charge >= 0.3 is 6.03 Å². The van der Waals surface area contributed by atoms with Gasteiger partial charge < -0.3 is 14.8 Å². The quantitative estimate of drug-likeness (QED) is 0.727. The van der Waals surface area contributed by atoms with Crippen molar-refractivity contribution >= 4 is 11.9 Å². The minimum absolute atomic E-state index is 0.172. The molecule has 0 bridgehead atoms. The molecule has 150 valence electrons. The summed E-state index contributed by atoms with van der Waals surface area (Å²) in [7, 11) is 5.07. The number of nitrogens with zero attached hydrogens (tertiary/aromatic N) is 1. The van der Waals surface area contributed by atoms with Gasteiger partial charge in [0.15, 0.2) is 11.5 Å². The molecule has 0 spiro atoms. The number of rotatable bonds is 8. The molecule has 1 aromatic rings. The minimum Gasteiger partial charge on any atom is -0.493 e. The molecule has 0 saturated heterocycles. The summed E-state index contributed by atoms with van der Waals surface area (Å²) in [6.45, 7) is 0.860. The normalized spacial score (nSPS) is 14.7. The summed E-state index contributed by atoms with van der Waals surface area (Å²) < 4.78 is 10.5. The number of amides is 3. The monoisotopic (exact) mass is 377 g/mol. The molecule has 1 aliphatic rings. The third-order valence-electron chi connectivity index (χ3n) is 4.84. The number of urea groups is 1. The van der Waals surface area contributed by atoms with Crippen LogP contribution in [0.25, 0.3) is 0 Å². The molecule has 1 fully saturated rings. The molecule has 2 rings (SSSR count). The molecular weight excluding hydrogens is 346 g/mol. The second kappa shape index (κ2) is 10.8. The van der Waals surface area contributed by atoms with E-state index in [0.717, 1.165) is 37.7 Å². The summed E-state index contributed by atoms with van der Waals surface area (Å²) in [5.74, 6) is 1.09. The van der Waals surface area contributed by atoms with Crippen LogP contribution >= 0.6 is 0 Å². The van der Waals surface area contributed by atoms with Crippen LogP contribution in [0.1, 0.15) is 37.7 Å². The Morgan fingerprint density at radius 1 is 1.11 bits per heavy atom. The van der Waals surface area contributed by atoms with Crippen LogP contribution in [0.5, 0.6) is 11.5 Å². The first-order valence-electron chi connectivity index (χ1n) is 9.51. The molecule has 27 heavy (non-hydrogen) atoms. The van der Waals surface area contributed by atoms with Gasteiger partial charge in [-0.3, -0.25) is 15.0 Å². The number of methoxy groups -OCH3 is 2. The Kier molecular flexibility index (Phi) is 8.39. The SMILES string of the molecule is COc1ccc(CCN(C)CC(=O)NC(=O)NC2CCCCC2)cc1OC. The van der Waals surface area contributed by atoms with Crippen LogP contribution in [0.15, 0.2) is 18.2 Å². The molecule has 0 aromatic heterocycles. The van der Waals surface area contributed by atoms with Gasteiger partial charge in [0.25, 0.3) is 0 Å². The molecule has 7 nitrogen and oxygen atoms in total. The second-order valence-corrected chi connectivity index (χ2v) is 7.03. The van der Waals surface area contributed by atoms with Gasteiger partial charge in [0.2, 0.25) is 5.91 Å². The molecule has 1 aromatic carbocycles. The lowest BCUT2D eigenvalue weighted by molar-refractivity contribution is -0.120. The first-order valence-corrected chi connectivity index (χ1v) is 9.51. The fourth-order valence-corrected chi connectivity index (χ4v) is 3.31. The van der Waals surface area contributed by atoms with Crippen LogP contribution in [0.3, 0.4) is 0 Å². The highest BCUT2D eigenvalue weighted by atomic mass is 16.5. The molecule has 0 heterocycles. The van der Waals surface area contributed by atoms with E-state index in [4.69, 9.17) is 9.47 Å². The number of benzene rings is 1. The maximum absolute atomic E-state index is 12.1. The van der Waals surface area contributed by atoms with Gasteiger partial charge in [0, 0.05) is 12.6 Å². The van der Waals surface area contributed by atoms with E-state index in [2.05, 4.69) is 10.6 Å². The molecule has 0 radical (unpaired) electrons. The van der Waals surface area contributed by atoms with E-state index in [-0.39, 0.29) is 24.5 Å². The van der Waals surface area contributed by atoms with Crippen molar-refractivity contribution in [3.8, 4) is 11.5 Å². The Hall–Kier alpha value is -2.28. The van der Waals surface area contributed by atoms with Crippen molar-refractivity contribution in [1.82, 2.24) is 15.5 Å². The summed E-state index contributed by atoms with van der Waals surface area (Å²) >= 11 is 0. The number of carbonyl (C=O) groups excluding carboxylic acids is 2. The zero-order valence-corrected chi connectivity index (χ0v) is 16.5. The number of hydrogen-bond acceptors (Lipinski definition) is 5. The largest absolute Gasteiger partial charge is 0.493 e. The number of likely N-dealkylation sites (N-methyl/N-ethyl adjacent to an activating group) is 1. The fraction of sp³-hybridized carbons (Fsp3) is 0.600. The Morgan fingerprint density at radius 2 is 1.81 bits per heavy atom. The lowest BCUT2D eigenvalue weighted by atomic mass is 9.96. The molecule has 1 aliphatic carbocycles. The molecule has 7 heteroatoms. The predicted octanol–water partition coefficient (Wildman–Crippen LogP) is 2.34. The Morgan fingerprint density at radius 3 is 2.48 bits per heavy atom. The highest BCUT2D eigenvalue weighted by Gasteiger charge is 2.17. The summed E-state index contributed by atoms with van der Waals surface area (Å²) in [6, 6.07) is 5.59. The first-order chi connectivity index (χ1) is 13.0. The van der Waals surface area contributed by atoms with Crippen molar-refractivity contribution < 1.29 is 19.1 Å². The van der Waals surface area contributed by atoms with E-state index >= 15 is 0 Å². The maximum atomic E-state index is 12.1. The van der Waals surface area contributed by atoms with Crippen LogP contribution < -0.4 is 20.1 Å². The van der Waals surface area contributed by atoms with Crippen molar-refractivity contribution in [2.75, 3.05) is 34.4 Å². The van der Waals surface area contributed by atoms with Crippen LogP contribution in [-0.4, -0.2) is 57.2 Å². The van der Waals surface area contributed by atoms with Gasteiger partial charge in [0.05, 0.1) is 20.8 Å². The third-order valence-corrected chi connectivity index (χ3v) is 4.84. The Bertz CT molecular complexity index is 630. The molecule has 0 unspecified atom stereocenters. The second-order valence-electron chi connectivity index (χ2n) is 7.03. The topological polar surface area (TPSA) is 79.9 Å². The summed E-state index contributed by atoms with van der Waals surface area (Å²) in [6.07, 6.45) is 6.25. The lowest BCUT2D eigenvalue weighted by Gasteiger charge is -2.23. The molecule has 2 N–H and O–H groups in total. The summed E-state index contributed by atoms with van der Waals surface area (Å²) in [5.41, 5.74) is 1.09. The van der Waals surface area contributed by atoms with Gasteiger partial charge in [-0.05, 0) is 44.0 Å². The van der Waals surface area contributed by atoms with Crippen molar-refractivity contribution in [3.05, 3.63) is 23.8 Å². The standard InChI is InChI=1S/C20H31N3O4/c1-23(12-11-15-9-10-17(26-2)18(13-15)27-3)14-19(24)22-20(25)21-16-7-5-4-6-8-16/h9-10,13,16H,4-8,11-12,14H2,1-3H3,(H2,21,22,24,25). The molecule has 0 atom stereocenters. The van der Waals surface area contributed by atoms with E-state index in [1.54, 1.807) is 14.2 Å². The zero-order chi connectivity index (χ0) is 19.6. The van der Waals surface area contributed by atoms with Crippen molar-refractivity contribution in [2.24, 2.45) is 0 Å². The van der Waals surface area contributed by atoms with Gasteiger partial charge in [-0.25, -0.2) is 4.79 Å². The van der Waals surface area contributed by atoms with Gasteiger partial charge in [-0.15, -0.1) is 0 Å². The van der Waals surface area contributed by atoms with Gasteiger partial charge in [0.1, 0.15) is 0 Å². The summed E-state index contributed by atoms with van der Waals surface area (Å²) in [4.78, 5) is 25.9. The number of imide groups is 1. The number of ether oxygens (including phenoxy) is 2. The number of nitrogens with one attached hydrogen (secondary N) is 2. The van der Waals surface area contributed by atoms with E-state index in [1.807, 2.05) is 30.1 Å².